The van der Waals surface area contributed by atoms with E-state index in [0.29, 0.717) is 13.2 Å². The standard InChI is InChI=1S/C14H19NO3/c1-2-18-13-7-5-12(6-8-13)15-9-3-4-11(10-15)14(16)17/h5-8,11H,2-4,9-10H2,1H3,(H,16,17). The highest BCUT2D eigenvalue weighted by atomic mass is 16.5. The minimum atomic E-state index is -0.689. The Morgan fingerprint density at radius 1 is 1.44 bits per heavy atom. The summed E-state index contributed by atoms with van der Waals surface area (Å²) in [4.78, 5) is 13.2. The molecule has 1 aromatic rings. The zero-order valence-corrected chi connectivity index (χ0v) is 10.6. The zero-order chi connectivity index (χ0) is 13.0. The third-order valence-corrected chi connectivity index (χ3v) is 3.28. The maximum atomic E-state index is 11.0. The summed E-state index contributed by atoms with van der Waals surface area (Å²) in [5.74, 6) is -0.0796. The molecule has 0 radical (unpaired) electrons. The zero-order valence-electron chi connectivity index (χ0n) is 10.6. The number of anilines is 1. The summed E-state index contributed by atoms with van der Waals surface area (Å²) in [6.07, 6.45) is 1.72. The number of hydrogen-bond donors (Lipinski definition) is 1. The first-order valence-corrected chi connectivity index (χ1v) is 6.41. The minimum Gasteiger partial charge on any atom is -0.494 e. The largest absolute Gasteiger partial charge is 0.494 e. The lowest BCUT2D eigenvalue weighted by Crippen LogP contribution is -2.38. The van der Waals surface area contributed by atoms with E-state index in [1.807, 2.05) is 31.2 Å². The number of piperidine rings is 1. The molecule has 18 heavy (non-hydrogen) atoms. The molecule has 2 rings (SSSR count). The van der Waals surface area contributed by atoms with Gasteiger partial charge < -0.3 is 14.7 Å². The van der Waals surface area contributed by atoms with E-state index in [0.717, 1.165) is 30.8 Å². The van der Waals surface area contributed by atoms with Crippen molar-refractivity contribution in [1.82, 2.24) is 0 Å². The molecule has 1 fully saturated rings. The van der Waals surface area contributed by atoms with Gasteiger partial charge in [0.2, 0.25) is 0 Å². The van der Waals surface area contributed by atoms with E-state index in [1.165, 1.54) is 0 Å². The smallest absolute Gasteiger partial charge is 0.308 e. The van der Waals surface area contributed by atoms with Gasteiger partial charge in [0.1, 0.15) is 5.75 Å². The monoisotopic (exact) mass is 249 g/mol. The summed E-state index contributed by atoms with van der Waals surface area (Å²) in [5.41, 5.74) is 1.07. The summed E-state index contributed by atoms with van der Waals surface area (Å²) in [7, 11) is 0. The Labute approximate surface area is 107 Å². The van der Waals surface area contributed by atoms with Crippen molar-refractivity contribution in [1.29, 1.82) is 0 Å². The molecule has 4 nitrogen and oxygen atoms in total. The molecule has 0 bridgehead atoms. The van der Waals surface area contributed by atoms with E-state index >= 15 is 0 Å². The topological polar surface area (TPSA) is 49.8 Å². The molecule has 0 aliphatic carbocycles. The molecule has 0 saturated carbocycles. The first-order valence-electron chi connectivity index (χ1n) is 6.41. The lowest BCUT2D eigenvalue weighted by atomic mass is 9.98. The van der Waals surface area contributed by atoms with Crippen molar-refractivity contribution < 1.29 is 14.6 Å². The van der Waals surface area contributed by atoms with Crippen LogP contribution in [-0.2, 0) is 4.79 Å². The van der Waals surface area contributed by atoms with Crippen LogP contribution in [0.2, 0.25) is 0 Å². The number of carboxylic acid groups (broad SMARTS) is 1. The molecule has 1 heterocycles. The molecule has 0 aromatic heterocycles. The van der Waals surface area contributed by atoms with Gasteiger partial charge in [-0.2, -0.15) is 0 Å². The van der Waals surface area contributed by atoms with Crippen LogP contribution in [0.1, 0.15) is 19.8 Å². The molecular formula is C14H19NO3. The van der Waals surface area contributed by atoms with Gasteiger partial charge in [0, 0.05) is 18.8 Å². The maximum Gasteiger partial charge on any atom is 0.308 e. The van der Waals surface area contributed by atoms with Crippen LogP contribution in [0.15, 0.2) is 24.3 Å². The molecule has 4 heteroatoms. The van der Waals surface area contributed by atoms with Gasteiger partial charge in [-0.1, -0.05) is 0 Å². The molecule has 1 N–H and O–H groups in total. The van der Waals surface area contributed by atoms with E-state index in [9.17, 15) is 4.79 Å². The van der Waals surface area contributed by atoms with Crippen molar-refractivity contribution in [2.24, 2.45) is 5.92 Å². The molecule has 98 valence electrons. The van der Waals surface area contributed by atoms with Crippen molar-refractivity contribution in [3.05, 3.63) is 24.3 Å². The van der Waals surface area contributed by atoms with E-state index in [2.05, 4.69) is 4.90 Å². The minimum absolute atomic E-state index is 0.245. The molecule has 1 aromatic carbocycles. The highest BCUT2D eigenvalue weighted by Gasteiger charge is 2.25. The lowest BCUT2D eigenvalue weighted by molar-refractivity contribution is -0.141. The number of carboxylic acids is 1. The lowest BCUT2D eigenvalue weighted by Gasteiger charge is -2.32. The second kappa shape index (κ2) is 5.76. The van der Waals surface area contributed by atoms with Gasteiger partial charge in [0.05, 0.1) is 12.5 Å². The Bertz CT molecular complexity index is 402. The van der Waals surface area contributed by atoms with E-state index in [4.69, 9.17) is 9.84 Å². The van der Waals surface area contributed by atoms with Crippen molar-refractivity contribution in [3.8, 4) is 5.75 Å². The van der Waals surface area contributed by atoms with Crippen LogP contribution < -0.4 is 9.64 Å². The molecular weight excluding hydrogens is 230 g/mol. The SMILES string of the molecule is CCOc1ccc(N2CCCC(C(=O)O)C2)cc1. The molecule has 1 aliphatic heterocycles. The average molecular weight is 249 g/mol. The maximum absolute atomic E-state index is 11.0. The number of carbonyl (C=O) groups is 1. The summed E-state index contributed by atoms with van der Waals surface area (Å²) < 4.78 is 5.39. The number of benzene rings is 1. The van der Waals surface area contributed by atoms with Crippen molar-refractivity contribution in [2.75, 3.05) is 24.6 Å². The van der Waals surface area contributed by atoms with Gasteiger partial charge in [-0.25, -0.2) is 0 Å². The van der Waals surface area contributed by atoms with Crippen LogP contribution in [0.5, 0.6) is 5.75 Å². The number of hydrogen-bond acceptors (Lipinski definition) is 3. The normalized spacial score (nSPS) is 19.6. The predicted octanol–water partition coefficient (Wildman–Crippen LogP) is 2.39. The second-order valence-electron chi connectivity index (χ2n) is 4.55. The first-order chi connectivity index (χ1) is 8.70. The second-order valence-corrected chi connectivity index (χ2v) is 4.55. The third kappa shape index (κ3) is 2.94. The average Bonchev–Trinajstić information content (AvgIpc) is 2.40. The highest BCUT2D eigenvalue weighted by molar-refractivity contribution is 5.71. The third-order valence-electron chi connectivity index (χ3n) is 3.28. The highest BCUT2D eigenvalue weighted by Crippen LogP contribution is 2.25. The summed E-state index contributed by atoms with van der Waals surface area (Å²) >= 11 is 0. The molecule has 1 unspecified atom stereocenters. The van der Waals surface area contributed by atoms with Gasteiger partial charge in [0.15, 0.2) is 0 Å². The quantitative estimate of drug-likeness (QED) is 0.890. The number of aliphatic carboxylic acids is 1. The van der Waals surface area contributed by atoms with Crippen molar-refractivity contribution in [3.63, 3.8) is 0 Å². The Morgan fingerprint density at radius 3 is 2.78 bits per heavy atom. The van der Waals surface area contributed by atoms with Gasteiger partial charge in [0.25, 0.3) is 0 Å². The predicted molar refractivity (Wildman–Crippen MR) is 70.2 cm³/mol. The van der Waals surface area contributed by atoms with Gasteiger partial charge >= 0.3 is 5.97 Å². The molecule has 0 spiro atoms. The van der Waals surface area contributed by atoms with E-state index in [-0.39, 0.29) is 5.92 Å². The fourth-order valence-corrected chi connectivity index (χ4v) is 2.33. The number of rotatable bonds is 4. The summed E-state index contributed by atoms with van der Waals surface area (Å²) in [6.45, 7) is 4.14. The van der Waals surface area contributed by atoms with Gasteiger partial charge in [-0.3, -0.25) is 4.79 Å². The molecule has 1 atom stereocenters. The van der Waals surface area contributed by atoms with E-state index < -0.39 is 5.97 Å². The van der Waals surface area contributed by atoms with Gasteiger partial charge in [-0.15, -0.1) is 0 Å². The van der Waals surface area contributed by atoms with Crippen LogP contribution in [0.4, 0.5) is 5.69 Å². The summed E-state index contributed by atoms with van der Waals surface area (Å²) in [5, 5.41) is 9.07. The van der Waals surface area contributed by atoms with Crippen LogP contribution in [-0.4, -0.2) is 30.8 Å². The fourth-order valence-electron chi connectivity index (χ4n) is 2.33. The fraction of sp³-hybridized carbons (Fsp3) is 0.500. The number of ether oxygens (including phenoxy) is 1. The van der Waals surface area contributed by atoms with E-state index in [1.54, 1.807) is 0 Å². The first kappa shape index (κ1) is 12.7. The Hall–Kier alpha value is -1.71. The Kier molecular flexibility index (Phi) is 4.07. The summed E-state index contributed by atoms with van der Waals surface area (Å²) in [6, 6.07) is 7.86. The van der Waals surface area contributed by atoms with Crippen LogP contribution in [0.3, 0.4) is 0 Å². The molecule has 0 amide bonds. The molecule has 1 saturated heterocycles. The Morgan fingerprint density at radius 2 is 2.17 bits per heavy atom. The van der Waals surface area contributed by atoms with Crippen molar-refractivity contribution in [2.45, 2.75) is 19.8 Å². The van der Waals surface area contributed by atoms with Crippen LogP contribution >= 0.6 is 0 Å². The van der Waals surface area contributed by atoms with Gasteiger partial charge in [-0.05, 0) is 44.0 Å². The van der Waals surface area contributed by atoms with Crippen LogP contribution in [0.25, 0.3) is 0 Å². The number of nitrogens with zero attached hydrogens (tertiary/aromatic N) is 1. The molecule has 1 aliphatic rings. The van der Waals surface area contributed by atoms with Crippen molar-refractivity contribution >= 4 is 11.7 Å². The van der Waals surface area contributed by atoms with Crippen LogP contribution in [0, 0.1) is 5.92 Å². The Balaban J connectivity index is 2.04.